The second kappa shape index (κ2) is 11.8. The van der Waals surface area contributed by atoms with E-state index >= 15 is 0 Å². The second-order valence-electron chi connectivity index (χ2n) is 14.4. The molecule has 40 heavy (non-hydrogen) atoms. The minimum Gasteiger partial charge on any atom is -0.491 e. The van der Waals surface area contributed by atoms with Crippen molar-refractivity contribution in [2.45, 2.75) is 121 Å². The molecule has 1 aliphatic heterocycles. The maximum atomic E-state index is 13.2. The molecule has 1 saturated carbocycles. The first-order valence-electron chi connectivity index (χ1n) is 14.3. The van der Waals surface area contributed by atoms with Crippen molar-refractivity contribution in [1.82, 2.24) is 0 Å². The number of aliphatic hydroxyl groups is 1. The van der Waals surface area contributed by atoms with E-state index in [1.54, 1.807) is 0 Å². The Balaban J connectivity index is 1.82. The average molecular weight is 603 g/mol. The number of alkyl halides is 3. The van der Waals surface area contributed by atoms with Gasteiger partial charge in [0.1, 0.15) is 12.4 Å². The smallest absolute Gasteiger partial charge is 0.416 e. The maximum Gasteiger partial charge on any atom is 0.416 e. The third kappa shape index (κ3) is 8.01. The van der Waals surface area contributed by atoms with Crippen molar-refractivity contribution in [2.75, 3.05) is 6.61 Å². The Bertz CT molecular complexity index is 1030. The van der Waals surface area contributed by atoms with Gasteiger partial charge in [0.05, 0.1) is 23.9 Å². The van der Waals surface area contributed by atoms with Crippen LogP contribution in [-0.4, -0.2) is 53.0 Å². The number of hydrogen-bond acceptors (Lipinski definition) is 5. The Hall–Kier alpha value is -1.18. The number of rotatable bonds is 9. The molecule has 1 aromatic carbocycles. The Morgan fingerprint density at radius 1 is 1.00 bits per heavy atom. The van der Waals surface area contributed by atoms with Gasteiger partial charge in [0.2, 0.25) is 0 Å². The SMILES string of the molecule is CC(C)(C)[Si](C)(C)OC1CC2OC(O)CC1C2/C=C/[C@H](COc1cccc(C(F)(F)F)c1)O[Si](C)(C)C(C)(C)C. The van der Waals surface area contributed by atoms with Crippen LogP contribution >= 0.6 is 0 Å². The molecule has 2 bridgehead atoms. The van der Waals surface area contributed by atoms with Crippen molar-refractivity contribution >= 4 is 16.6 Å². The molecule has 0 aromatic heterocycles. The van der Waals surface area contributed by atoms with Crippen molar-refractivity contribution in [1.29, 1.82) is 0 Å². The van der Waals surface area contributed by atoms with Crippen LogP contribution < -0.4 is 4.74 Å². The minimum absolute atomic E-state index is 0.00110. The number of halogens is 3. The van der Waals surface area contributed by atoms with E-state index in [2.05, 4.69) is 73.8 Å². The number of aliphatic hydroxyl groups excluding tert-OH is 1. The molecule has 2 aliphatic rings. The number of fused-ring (bicyclic) bond motifs is 2. The average Bonchev–Trinajstić information content (AvgIpc) is 2.98. The lowest BCUT2D eigenvalue weighted by Gasteiger charge is -2.40. The van der Waals surface area contributed by atoms with Crippen molar-refractivity contribution in [3.63, 3.8) is 0 Å². The monoisotopic (exact) mass is 602 g/mol. The molecule has 228 valence electrons. The van der Waals surface area contributed by atoms with Gasteiger partial charge in [0.25, 0.3) is 0 Å². The largest absolute Gasteiger partial charge is 0.491 e. The summed E-state index contributed by atoms with van der Waals surface area (Å²) in [5.74, 6) is 0.299. The van der Waals surface area contributed by atoms with E-state index in [0.29, 0.717) is 6.42 Å². The second-order valence-corrected chi connectivity index (χ2v) is 23.9. The summed E-state index contributed by atoms with van der Waals surface area (Å²) in [6, 6.07) is 4.93. The van der Waals surface area contributed by atoms with Gasteiger partial charge >= 0.3 is 6.18 Å². The van der Waals surface area contributed by atoms with Gasteiger partial charge in [-0.25, -0.2) is 0 Å². The summed E-state index contributed by atoms with van der Waals surface area (Å²) in [6.45, 7) is 21.9. The normalized spacial score (nSPS) is 27.3. The molecule has 5 unspecified atom stereocenters. The van der Waals surface area contributed by atoms with E-state index < -0.39 is 40.8 Å². The van der Waals surface area contributed by atoms with E-state index in [0.717, 1.165) is 18.6 Å². The fourth-order valence-corrected chi connectivity index (χ4v) is 7.50. The van der Waals surface area contributed by atoms with Gasteiger partial charge in [-0.15, -0.1) is 0 Å². The zero-order valence-corrected chi connectivity index (χ0v) is 27.8. The van der Waals surface area contributed by atoms with E-state index in [1.165, 1.54) is 12.1 Å². The van der Waals surface area contributed by atoms with Crippen LogP contribution in [0.2, 0.25) is 36.3 Å². The minimum atomic E-state index is -4.44. The molecule has 0 radical (unpaired) electrons. The predicted octanol–water partition coefficient (Wildman–Crippen LogP) is 8.16. The van der Waals surface area contributed by atoms with E-state index in [-0.39, 0.29) is 46.5 Å². The number of hydrogen-bond donors (Lipinski definition) is 1. The van der Waals surface area contributed by atoms with Crippen molar-refractivity contribution in [2.24, 2.45) is 11.8 Å². The highest BCUT2D eigenvalue weighted by atomic mass is 28.4. The van der Waals surface area contributed by atoms with E-state index in [4.69, 9.17) is 18.3 Å². The van der Waals surface area contributed by atoms with E-state index in [9.17, 15) is 18.3 Å². The molecule has 2 fully saturated rings. The molecule has 1 heterocycles. The van der Waals surface area contributed by atoms with Crippen LogP contribution in [0.5, 0.6) is 5.75 Å². The highest BCUT2D eigenvalue weighted by Crippen LogP contribution is 2.48. The molecule has 0 spiro atoms. The molecule has 6 atom stereocenters. The Labute approximate surface area is 240 Å². The van der Waals surface area contributed by atoms with Gasteiger partial charge in [-0.3, -0.25) is 0 Å². The molecule has 5 nitrogen and oxygen atoms in total. The van der Waals surface area contributed by atoms with Gasteiger partial charge in [-0.05, 0) is 66.8 Å². The Kier molecular flexibility index (Phi) is 9.86. The fraction of sp³-hybridized carbons (Fsp3) is 0.733. The van der Waals surface area contributed by atoms with Crippen LogP contribution in [0, 0.1) is 11.8 Å². The van der Waals surface area contributed by atoms with Gasteiger partial charge in [-0.1, -0.05) is 59.8 Å². The molecule has 1 saturated heterocycles. The van der Waals surface area contributed by atoms with Gasteiger partial charge < -0.3 is 23.4 Å². The van der Waals surface area contributed by atoms with Crippen molar-refractivity contribution < 1.29 is 36.6 Å². The third-order valence-corrected chi connectivity index (χ3v) is 18.3. The van der Waals surface area contributed by atoms with Crippen LogP contribution in [0.3, 0.4) is 0 Å². The maximum absolute atomic E-state index is 13.2. The van der Waals surface area contributed by atoms with Crippen LogP contribution in [0.25, 0.3) is 0 Å². The third-order valence-electron chi connectivity index (χ3n) is 9.30. The lowest BCUT2D eigenvalue weighted by atomic mass is 9.88. The van der Waals surface area contributed by atoms with Gasteiger partial charge in [0, 0.05) is 12.3 Å². The molecule has 1 N–H and O–H groups in total. The van der Waals surface area contributed by atoms with Crippen molar-refractivity contribution in [3.05, 3.63) is 42.0 Å². The highest BCUT2D eigenvalue weighted by Gasteiger charge is 2.51. The molecular weight excluding hydrogens is 553 g/mol. The summed E-state index contributed by atoms with van der Waals surface area (Å²) in [5.41, 5.74) is -0.746. The van der Waals surface area contributed by atoms with Crippen LogP contribution in [0.15, 0.2) is 36.4 Å². The van der Waals surface area contributed by atoms with Crippen LogP contribution in [0.1, 0.15) is 59.9 Å². The molecular formula is C30H49F3O5Si2. The Morgan fingerprint density at radius 3 is 2.20 bits per heavy atom. The molecule has 3 rings (SSSR count). The fourth-order valence-electron chi connectivity index (χ4n) is 4.86. The first-order chi connectivity index (χ1) is 18.1. The summed E-state index contributed by atoms with van der Waals surface area (Å²) < 4.78 is 65.0. The van der Waals surface area contributed by atoms with Crippen LogP contribution in [-0.2, 0) is 19.8 Å². The lowest BCUT2D eigenvalue weighted by molar-refractivity contribution is -0.173. The summed E-state index contributed by atoms with van der Waals surface area (Å²) in [4.78, 5) is 0. The molecule has 1 aromatic rings. The van der Waals surface area contributed by atoms with Crippen LogP contribution in [0.4, 0.5) is 13.2 Å². The first-order valence-corrected chi connectivity index (χ1v) is 20.1. The number of benzene rings is 1. The summed E-state index contributed by atoms with van der Waals surface area (Å²) in [7, 11) is -4.26. The molecule has 0 amide bonds. The Morgan fingerprint density at radius 2 is 1.62 bits per heavy atom. The van der Waals surface area contributed by atoms with E-state index in [1.807, 2.05) is 6.08 Å². The summed E-state index contributed by atoms with van der Waals surface area (Å²) in [6.07, 6.45) is -0.576. The first kappa shape index (κ1) is 33.3. The zero-order valence-electron chi connectivity index (χ0n) is 25.8. The standard InChI is InChI=1S/C30H49F3O5Si2/c1-28(2,3)39(7,8)37-22(19-35-21-13-11-12-20(16-21)30(31,32)33)14-15-23-24-17-27(34)36-25(23)18-26(24)38-40(9,10)29(4,5)6/h11-16,22-27,34H,17-19H2,1-10H3/b15-14+/t22-,23?,24?,25?,26?,27?/m1/s1. The number of ether oxygens (including phenoxy) is 2. The van der Waals surface area contributed by atoms with Crippen molar-refractivity contribution in [3.8, 4) is 5.75 Å². The van der Waals surface area contributed by atoms with Gasteiger partial charge in [0.15, 0.2) is 22.9 Å². The predicted molar refractivity (Wildman–Crippen MR) is 157 cm³/mol. The highest BCUT2D eigenvalue weighted by molar-refractivity contribution is 6.74. The lowest BCUT2D eigenvalue weighted by Crippen LogP contribution is -2.45. The van der Waals surface area contributed by atoms with Gasteiger partial charge in [-0.2, -0.15) is 13.2 Å². The quantitative estimate of drug-likeness (QED) is 0.228. The molecule has 10 heteroatoms. The topological polar surface area (TPSA) is 57.2 Å². The summed E-state index contributed by atoms with van der Waals surface area (Å²) in [5, 5.41) is 10.4. The summed E-state index contributed by atoms with van der Waals surface area (Å²) >= 11 is 0. The molecule has 1 aliphatic carbocycles. The zero-order chi connectivity index (χ0) is 30.3.